The third-order valence-electron chi connectivity index (χ3n) is 10.0. The van der Waals surface area contributed by atoms with Gasteiger partial charge in [-0.2, -0.15) is 0 Å². The van der Waals surface area contributed by atoms with Crippen molar-refractivity contribution in [3.8, 4) is 0 Å². The predicted molar refractivity (Wildman–Crippen MR) is 166 cm³/mol. The van der Waals surface area contributed by atoms with Gasteiger partial charge >= 0.3 is 5.97 Å². The van der Waals surface area contributed by atoms with E-state index in [9.17, 15) is 19.2 Å². The molecule has 1 N–H and O–H groups in total. The monoisotopic (exact) mass is 581 g/mol. The van der Waals surface area contributed by atoms with E-state index in [1.165, 1.54) is 0 Å². The minimum Gasteiger partial charge on any atom is -0.461 e. The summed E-state index contributed by atoms with van der Waals surface area (Å²) in [7, 11) is 0. The molecule has 2 fully saturated rings. The molecule has 0 bridgehead atoms. The van der Waals surface area contributed by atoms with E-state index in [1.807, 2.05) is 58.0 Å². The summed E-state index contributed by atoms with van der Waals surface area (Å²) in [6, 6.07) is 9.61. The van der Waals surface area contributed by atoms with Crippen molar-refractivity contribution in [2.24, 2.45) is 41.4 Å². The van der Waals surface area contributed by atoms with E-state index in [0.717, 1.165) is 63.4 Å². The molecule has 2 aliphatic rings. The molecule has 0 saturated heterocycles. The standard InChI is InChI=1S/C36H55NO5/c1-6-28(30-18-12-11-17-27(30)22-33(38)24(3)4)34(39)21-25(5)35(40)37-32-20-14-13-19-31(32)29(7-2)36(41)42-23-26-15-9-8-10-16-26/h8-10,15-16,24-25,27-32H,6-7,11-14,17-23H2,1-5H3,(H,37,40)/t25-,27-,28+,29+,30-,31+,32+/m0/s1. The molecule has 0 aromatic heterocycles. The lowest BCUT2D eigenvalue weighted by Gasteiger charge is -2.37. The number of hydrogen-bond acceptors (Lipinski definition) is 5. The van der Waals surface area contributed by atoms with Gasteiger partial charge in [0.05, 0.1) is 5.92 Å². The predicted octanol–water partition coefficient (Wildman–Crippen LogP) is 7.47. The summed E-state index contributed by atoms with van der Waals surface area (Å²) in [6.45, 7) is 10.1. The smallest absolute Gasteiger partial charge is 0.309 e. The van der Waals surface area contributed by atoms with Crippen LogP contribution in [0, 0.1) is 41.4 Å². The van der Waals surface area contributed by atoms with E-state index in [4.69, 9.17) is 4.74 Å². The van der Waals surface area contributed by atoms with E-state index < -0.39 is 5.92 Å². The van der Waals surface area contributed by atoms with Gasteiger partial charge in [0.2, 0.25) is 5.91 Å². The molecule has 7 atom stereocenters. The van der Waals surface area contributed by atoms with Crippen LogP contribution in [0.4, 0.5) is 0 Å². The molecule has 1 aromatic carbocycles. The highest BCUT2D eigenvalue weighted by atomic mass is 16.5. The number of ketones is 2. The molecule has 0 radical (unpaired) electrons. The number of Topliss-reactive ketones (excluding diaryl/α,β-unsaturated/α-hetero) is 2. The van der Waals surface area contributed by atoms with Gasteiger partial charge in [0.25, 0.3) is 0 Å². The van der Waals surface area contributed by atoms with E-state index in [2.05, 4.69) is 12.2 Å². The Kier molecular flexibility index (Phi) is 13.7. The van der Waals surface area contributed by atoms with Crippen molar-refractivity contribution in [1.82, 2.24) is 5.32 Å². The van der Waals surface area contributed by atoms with Crippen molar-refractivity contribution in [2.75, 3.05) is 0 Å². The van der Waals surface area contributed by atoms with E-state index in [0.29, 0.717) is 18.6 Å². The zero-order chi connectivity index (χ0) is 30.6. The third kappa shape index (κ3) is 9.50. The summed E-state index contributed by atoms with van der Waals surface area (Å²) >= 11 is 0. The fourth-order valence-electron chi connectivity index (χ4n) is 7.45. The Hall–Kier alpha value is -2.50. The second kappa shape index (κ2) is 17.0. The average Bonchev–Trinajstić information content (AvgIpc) is 2.98. The Bertz CT molecular complexity index is 1020. The molecule has 0 unspecified atom stereocenters. The highest BCUT2D eigenvalue weighted by molar-refractivity contribution is 5.88. The number of esters is 1. The summed E-state index contributed by atoms with van der Waals surface area (Å²) in [4.78, 5) is 52.8. The summed E-state index contributed by atoms with van der Waals surface area (Å²) in [5.41, 5.74) is 0.962. The molecule has 3 rings (SSSR count). The van der Waals surface area contributed by atoms with Gasteiger partial charge in [0.1, 0.15) is 18.2 Å². The first-order chi connectivity index (χ1) is 20.2. The Labute approximate surface area is 254 Å². The van der Waals surface area contributed by atoms with E-state index in [-0.39, 0.29) is 72.2 Å². The number of nitrogens with one attached hydrogen (secondary N) is 1. The maximum absolute atomic E-state index is 13.6. The molecule has 6 nitrogen and oxygen atoms in total. The van der Waals surface area contributed by atoms with Gasteiger partial charge in [-0.15, -0.1) is 0 Å². The first-order valence-corrected chi connectivity index (χ1v) is 16.7. The number of ether oxygens (including phenoxy) is 1. The zero-order valence-electron chi connectivity index (χ0n) is 26.7. The first-order valence-electron chi connectivity index (χ1n) is 16.7. The average molecular weight is 582 g/mol. The highest BCUT2D eigenvalue weighted by Gasteiger charge is 2.39. The number of amides is 1. The quantitative estimate of drug-likeness (QED) is 0.217. The van der Waals surface area contributed by atoms with Crippen LogP contribution in [0.25, 0.3) is 0 Å². The third-order valence-corrected chi connectivity index (χ3v) is 10.0. The van der Waals surface area contributed by atoms with Crippen molar-refractivity contribution in [2.45, 2.75) is 124 Å². The molecule has 42 heavy (non-hydrogen) atoms. The zero-order valence-corrected chi connectivity index (χ0v) is 26.7. The minimum absolute atomic E-state index is 0.0220. The van der Waals surface area contributed by atoms with Crippen molar-refractivity contribution in [1.29, 1.82) is 0 Å². The van der Waals surface area contributed by atoms with Gasteiger partial charge in [0.15, 0.2) is 0 Å². The molecule has 2 saturated carbocycles. The van der Waals surface area contributed by atoms with Gasteiger partial charge in [-0.25, -0.2) is 0 Å². The maximum Gasteiger partial charge on any atom is 0.309 e. The summed E-state index contributed by atoms with van der Waals surface area (Å²) < 4.78 is 5.71. The van der Waals surface area contributed by atoms with E-state index in [1.54, 1.807) is 0 Å². The van der Waals surface area contributed by atoms with Crippen LogP contribution >= 0.6 is 0 Å². The summed E-state index contributed by atoms with van der Waals surface area (Å²) in [5.74, 6) is -0.0995. The molecular formula is C36H55NO5. The van der Waals surface area contributed by atoms with Crippen LogP contribution in [0.3, 0.4) is 0 Å². The number of hydrogen-bond donors (Lipinski definition) is 1. The maximum atomic E-state index is 13.6. The molecule has 0 heterocycles. The van der Waals surface area contributed by atoms with Crippen LogP contribution in [0.2, 0.25) is 0 Å². The van der Waals surface area contributed by atoms with E-state index >= 15 is 0 Å². The number of carbonyl (C=O) groups is 4. The molecular weight excluding hydrogens is 526 g/mol. The Morgan fingerprint density at radius 1 is 0.810 bits per heavy atom. The molecule has 6 heteroatoms. The molecule has 0 aliphatic heterocycles. The second-order valence-corrected chi connectivity index (χ2v) is 13.3. The van der Waals surface area contributed by atoms with Gasteiger partial charge < -0.3 is 10.1 Å². The lowest BCUT2D eigenvalue weighted by atomic mass is 9.67. The fraction of sp³-hybridized carbons (Fsp3) is 0.722. The highest BCUT2D eigenvalue weighted by Crippen LogP contribution is 2.40. The molecule has 0 spiro atoms. The molecule has 2 aliphatic carbocycles. The van der Waals surface area contributed by atoms with Crippen LogP contribution in [0.5, 0.6) is 0 Å². The van der Waals surface area contributed by atoms with Crippen molar-refractivity contribution >= 4 is 23.4 Å². The first kappa shape index (κ1) is 34.0. The Morgan fingerprint density at radius 3 is 2.07 bits per heavy atom. The Balaban J connectivity index is 1.60. The lowest BCUT2D eigenvalue weighted by Crippen LogP contribution is -2.48. The normalized spacial score (nSPS) is 24.8. The number of carbonyl (C=O) groups excluding carboxylic acids is 4. The minimum atomic E-state index is -0.432. The van der Waals surface area contributed by atoms with Crippen LogP contribution in [0.15, 0.2) is 30.3 Å². The van der Waals surface area contributed by atoms with Crippen molar-refractivity contribution < 1.29 is 23.9 Å². The van der Waals surface area contributed by atoms with Crippen LogP contribution < -0.4 is 5.32 Å². The van der Waals surface area contributed by atoms with Gasteiger partial charge in [-0.3, -0.25) is 19.2 Å². The van der Waals surface area contributed by atoms with Gasteiger partial charge in [-0.05, 0) is 61.8 Å². The molecule has 1 amide bonds. The second-order valence-electron chi connectivity index (χ2n) is 13.3. The summed E-state index contributed by atoms with van der Waals surface area (Å²) in [6.07, 6.45) is 10.2. The molecule has 1 aromatic rings. The molecule has 234 valence electrons. The van der Waals surface area contributed by atoms with Crippen molar-refractivity contribution in [3.63, 3.8) is 0 Å². The topological polar surface area (TPSA) is 89.5 Å². The summed E-state index contributed by atoms with van der Waals surface area (Å²) in [5, 5.41) is 3.26. The lowest BCUT2D eigenvalue weighted by molar-refractivity contribution is -0.153. The van der Waals surface area contributed by atoms with Crippen LogP contribution in [-0.2, 0) is 30.5 Å². The van der Waals surface area contributed by atoms with Crippen LogP contribution in [-0.4, -0.2) is 29.5 Å². The van der Waals surface area contributed by atoms with Crippen molar-refractivity contribution in [3.05, 3.63) is 35.9 Å². The number of benzene rings is 1. The van der Waals surface area contributed by atoms with Gasteiger partial charge in [0, 0.05) is 36.6 Å². The van der Waals surface area contributed by atoms with Crippen LogP contribution in [0.1, 0.15) is 117 Å². The largest absolute Gasteiger partial charge is 0.461 e. The SMILES string of the molecule is CC[C@@H](C(=O)C[C@H](C)C(=O)N[C@@H]1CCCC[C@@H]1[C@@H](CC)C(=O)OCc1ccccc1)[C@H]1CCCC[C@H]1CC(=O)C(C)C. The number of rotatable bonds is 15. The Morgan fingerprint density at radius 2 is 1.43 bits per heavy atom. The fourth-order valence-corrected chi connectivity index (χ4v) is 7.45. The van der Waals surface area contributed by atoms with Gasteiger partial charge in [-0.1, -0.05) is 90.6 Å².